The Labute approximate surface area is 136 Å². The number of nitrogens with two attached hydrogens (primary N) is 1. The highest BCUT2D eigenvalue weighted by atomic mass is 32.2. The fourth-order valence-corrected chi connectivity index (χ4v) is 3.39. The van der Waals surface area contributed by atoms with Gasteiger partial charge in [0.2, 0.25) is 5.91 Å². The first-order chi connectivity index (χ1) is 10.7. The van der Waals surface area contributed by atoms with E-state index in [1.807, 2.05) is 6.92 Å². The molecule has 1 aromatic carbocycles. The van der Waals surface area contributed by atoms with Gasteiger partial charge in [-0.3, -0.25) is 4.79 Å². The number of rotatable bonds is 5. The maximum Gasteiger partial charge on any atom is 0.417 e. The lowest BCUT2D eigenvalue weighted by Gasteiger charge is -2.16. The molecule has 0 aromatic heterocycles. The Morgan fingerprint density at radius 1 is 1.43 bits per heavy atom. The Balaban J connectivity index is 2.31. The third-order valence-corrected chi connectivity index (χ3v) is 4.50. The van der Waals surface area contributed by atoms with Gasteiger partial charge in [-0.1, -0.05) is 6.07 Å². The quantitative estimate of drug-likeness (QED) is 0.806. The van der Waals surface area contributed by atoms with E-state index in [0.717, 1.165) is 23.4 Å². The number of carbonyl (C=O) groups excluding carboxylic acids is 1. The van der Waals surface area contributed by atoms with Gasteiger partial charge in [0.1, 0.15) is 0 Å². The van der Waals surface area contributed by atoms with Crippen LogP contribution in [-0.2, 0) is 11.0 Å². The number of hydrazine groups is 1. The van der Waals surface area contributed by atoms with Crippen molar-refractivity contribution >= 4 is 23.2 Å². The number of alkyl halides is 3. The van der Waals surface area contributed by atoms with Crippen LogP contribution >= 0.6 is 11.8 Å². The molecule has 1 amide bonds. The van der Waals surface area contributed by atoms with Crippen LogP contribution in [0.5, 0.6) is 0 Å². The highest BCUT2D eigenvalue weighted by Gasteiger charge is 2.34. The van der Waals surface area contributed by atoms with Crippen LogP contribution in [0, 0.1) is 0 Å². The number of benzene rings is 1. The van der Waals surface area contributed by atoms with Gasteiger partial charge in [-0.25, -0.2) is 5.43 Å². The van der Waals surface area contributed by atoms with E-state index in [0.29, 0.717) is 5.56 Å². The molecule has 1 heterocycles. The number of primary amides is 1. The van der Waals surface area contributed by atoms with Crippen molar-refractivity contribution in [2.45, 2.75) is 30.5 Å². The lowest BCUT2D eigenvalue weighted by Crippen LogP contribution is -2.30. The van der Waals surface area contributed by atoms with Crippen LogP contribution in [-0.4, -0.2) is 29.8 Å². The Hall–Kier alpha value is -1.67. The monoisotopic (exact) mass is 345 g/mol. The van der Waals surface area contributed by atoms with E-state index in [4.69, 9.17) is 5.73 Å². The molecule has 0 fully saturated rings. The molecular weight excluding hydrogens is 327 g/mol. The van der Waals surface area contributed by atoms with E-state index in [9.17, 15) is 18.0 Å². The zero-order valence-electron chi connectivity index (χ0n) is 12.8. The minimum Gasteiger partial charge on any atom is -0.370 e. The van der Waals surface area contributed by atoms with Crippen LogP contribution in [0.25, 0.3) is 5.57 Å². The van der Waals surface area contributed by atoms with Gasteiger partial charge in [-0.15, -0.1) is 11.8 Å². The Bertz CT molecular complexity index is 631. The molecule has 0 aliphatic carbocycles. The zero-order valence-corrected chi connectivity index (χ0v) is 13.6. The van der Waals surface area contributed by atoms with E-state index in [1.165, 1.54) is 6.07 Å². The Kier molecular flexibility index (Phi) is 5.26. The lowest BCUT2D eigenvalue weighted by molar-refractivity contribution is -0.139. The molecule has 0 radical (unpaired) electrons. The molecule has 1 aliphatic rings. The number of nitrogens with one attached hydrogen (secondary N) is 1. The van der Waals surface area contributed by atoms with Crippen molar-refractivity contribution in [3.05, 3.63) is 35.5 Å². The maximum atomic E-state index is 13.3. The van der Waals surface area contributed by atoms with Gasteiger partial charge in [-0.05, 0) is 30.2 Å². The average Bonchev–Trinajstić information content (AvgIpc) is 2.76. The van der Waals surface area contributed by atoms with E-state index >= 15 is 0 Å². The van der Waals surface area contributed by atoms with Crippen LogP contribution in [0.15, 0.2) is 29.3 Å². The molecule has 0 saturated carbocycles. The number of carbonyl (C=O) groups is 1. The number of halogens is 3. The van der Waals surface area contributed by atoms with Gasteiger partial charge >= 0.3 is 6.18 Å². The van der Waals surface area contributed by atoms with Gasteiger partial charge in [0.05, 0.1) is 11.6 Å². The van der Waals surface area contributed by atoms with E-state index < -0.39 is 17.6 Å². The summed E-state index contributed by atoms with van der Waals surface area (Å²) in [6, 6.07) is 4.23. The second kappa shape index (κ2) is 6.84. The van der Waals surface area contributed by atoms with Gasteiger partial charge in [-0.2, -0.15) is 13.2 Å². The third kappa shape index (κ3) is 4.42. The second-order valence-electron chi connectivity index (χ2n) is 5.32. The third-order valence-electron chi connectivity index (χ3n) is 3.42. The normalized spacial score (nSPS) is 18.2. The fourth-order valence-electron chi connectivity index (χ4n) is 2.38. The molecule has 0 spiro atoms. The first-order valence-electron chi connectivity index (χ1n) is 7.02. The van der Waals surface area contributed by atoms with Crippen LogP contribution < -0.4 is 11.2 Å². The largest absolute Gasteiger partial charge is 0.417 e. The van der Waals surface area contributed by atoms with Crippen molar-refractivity contribution in [3.63, 3.8) is 0 Å². The van der Waals surface area contributed by atoms with Gasteiger partial charge in [0, 0.05) is 30.3 Å². The highest BCUT2D eigenvalue weighted by molar-refractivity contribution is 7.99. The minimum atomic E-state index is -4.45. The molecule has 126 valence electrons. The molecule has 3 N–H and O–H groups in total. The molecule has 1 unspecified atom stereocenters. The molecule has 4 nitrogen and oxygen atoms in total. The van der Waals surface area contributed by atoms with Crippen LogP contribution in [0.3, 0.4) is 0 Å². The van der Waals surface area contributed by atoms with Crippen LogP contribution in [0.2, 0.25) is 0 Å². The maximum absolute atomic E-state index is 13.3. The smallest absolute Gasteiger partial charge is 0.370 e. The van der Waals surface area contributed by atoms with E-state index in [2.05, 4.69) is 5.43 Å². The first-order valence-corrected chi connectivity index (χ1v) is 8.00. The van der Waals surface area contributed by atoms with Gasteiger partial charge < -0.3 is 10.7 Å². The Morgan fingerprint density at radius 2 is 2.13 bits per heavy atom. The zero-order chi connectivity index (χ0) is 17.2. The minimum absolute atomic E-state index is 0.0423. The van der Waals surface area contributed by atoms with Crippen molar-refractivity contribution in [1.82, 2.24) is 10.4 Å². The molecule has 1 aromatic rings. The summed E-state index contributed by atoms with van der Waals surface area (Å²) >= 11 is 0.988. The van der Waals surface area contributed by atoms with Crippen LogP contribution in [0.4, 0.5) is 13.2 Å². The van der Waals surface area contributed by atoms with Gasteiger partial charge in [0.15, 0.2) is 0 Å². The van der Waals surface area contributed by atoms with Gasteiger partial charge in [0.25, 0.3) is 0 Å². The fraction of sp³-hybridized carbons (Fsp3) is 0.400. The number of hydrogen-bond donors (Lipinski definition) is 2. The summed E-state index contributed by atoms with van der Waals surface area (Å²) in [6.07, 6.45) is -2.63. The topological polar surface area (TPSA) is 58.4 Å². The lowest BCUT2D eigenvalue weighted by atomic mass is 9.99. The summed E-state index contributed by atoms with van der Waals surface area (Å²) in [7, 11) is 1.79. The van der Waals surface area contributed by atoms with Crippen LogP contribution in [0.1, 0.15) is 24.5 Å². The van der Waals surface area contributed by atoms with Crippen molar-refractivity contribution in [2.24, 2.45) is 5.73 Å². The summed E-state index contributed by atoms with van der Waals surface area (Å²) < 4.78 is 40.0. The average molecular weight is 345 g/mol. The predicted octanol–water partition coefficient (Wildman–Crippen LogP) is 2.85. The summed E-state index contributed by atoms with van der Waals surface area (Å²) in [5, 5.41) is 1.72. The number of amides is 1. The van der Waals surface area contributed by atoms with Crippen molar-refractivity contribution in [1.29, 1.82) is 0 Å². The second-order valence-corrected chi connectivity index (χ2v) is 6.46. The molecule has 23 heavy (non-hydrogen) atoms. The molecule has 0 bridgehead atoms. The standard InChI is InChI=1S/C15H18F3N3OS/c1-9-11(8-21(2)20-9)10-3-4-13(23-6-5-14(19)22)12(7-10)15(16,17)18/h3-4,7-9,20H,5-6H2,1-2H3,(H2,19,22). The SMILES string of the molecule is CC1NN(C)C=C1c1ccc(SCCC(N)=O)c(C(F)(F)F)c1. The predicted molar refractivity (Wildman–Crippen MR) is 84.3 cm³/mol. The first kappa shape index (κ1) is 17.7. The molecule has 8 heteroatoms. The Morgan fingerprint density at radius 3 is 2.65 bits per heavy atom. The van der Waals surface area contributed by atoms with Crippen molar-refractivity contribution in [3.8, 4) is 0 Å². The molecule has 0 saturated heterocycles. The molecule has 1 aliphatic heterocycles. The van der Waals surface area contributed by atoms with E-state index in [1.54, 1.807) is 24.3 Å². The molecule has 2 rings (SSSR count). The van der Waals surface area contributed by atoms with Crippen molar-refractivity contribution in [2.75, 3.05) is 12.8 Å². The molecule has 1 atom stereocenters. The highest BCUT2D eigenvalue weighted by Crippen LogP contribution is 2.39. The number of nitrogens with zero attached hydrogens (tertiary/aromatic N) is 1. The molecular formula is C15H18F3N3OS. The number of hydrogen-bond acceptors (Lipinski definition) is 4. The van der Waals surface area contributed by atoms with Crippen molar-refractivity contribution < 1.29 is 18.0 Å². The summed E-state index contributed by atoms with van der Waals surface area (Å²) in [5.41, 5.74) is 8.75. The van der Waals surface area contributed by atoms with E-state index in [-0.39, 0.29) is 23.1 Å². The summed E-state index contributed by atoms with van der Waals surface area (Å²) in [6.45, 7) is 1.89. The summed E-state index contributed by atoms with van der Waals surface area (Å²) in [5.74, 6) is -0.303. The number of thioether (sulfide) groups is 1. The summed E-state index contributed by atoms with van der Waals surface area (Å²) in [4.78, 5) is 10.8.